The van der Waals surface area contributed by atoms with Crippen LogP contribution in [0.25, 0.3) is 22.4 Å². The van der Waals surface area contributed by atoms with Crippen molar-refractivity contribution in [2.75, 3.05) is 43.6 Å². The monoisotopic (exact) mass is 512 g/mol. The maximum atomic E-state index is 13.2. The van der Waals surface area contributed by atoms with E-state index in [9.17, 15) is 4.79 Å². The van der Waals surface area contributed by atoms with Crippen LogP contribution in [0, 0.1) is 0 Å². The molecule has 2 aromatic carbocycles. The van der Waals surface area contributed by atoms with E-state index in [0.717, 1.165) is 37.7 Å². The molecule has 0 aliphatic carbocycles. The van der Waals surface area contributed by atoms with Crippen LogP contribution in [0.2, 0.25) is 10.0 Å². The number of aryl methyl sites for hydroxylation is 1. The zero-order valence-electron chi connectivity index (χ0n) is 19.1. The first-order valence-corrected chi connectivity index (χ1v) is 11.7. The number of halogens is 2. The van der Waals surface area contributed by atoms with Crippen molar-refractivity contribution in [3.05, 3.63) is 63.0 Å². The highest BCUT2D eigenvalue weighted by molar-refractivity contribution is 6.40. The summed E-state index contributed by atoms with van der Waals surface area (Å²) in [6, 6.07) is 11.3. The second-order valence-electron chi connectivity index (χ2n) is 7.94. The van der Waals surface area contributed by atoms with Gasteiger partial charge in [0, 0.05) is 37.1 Å². The van der Waals surface area contributed by atoms with Gasteiger partial charge in [-0.25, -0.2) is 9.97 Å². The van der Waals surface area contributed by atoms with Gasteiger partial charge in [0.1, 0.15) is 17.0 Å². The van der Waals surface area contributed by atoms with Gasteiger partial charge < -0.3 is 19.7 Å². The number of ether oxygens (including phenoxy) is 2. The van der Waals surface area contributed by atoms with Crippen molar-refractivity contribution in [1.29, 1.82) is 0 Å². The van der Waals surface area contributed by atoms with Crippen LogP contribution >= 0.6 is 23.2 Å². The largest absolute Gasteiger partial charge is 0.495 e. The van der Waals surface area contributed by atoms with Gasteiger partial charge in [0.2, 0.25) is 5.95 Å². The molecule has 1 saturated heterocycles. The standard InChI is InChI=1S/C24H22Cl2N6O3/c1-31-22-17(29-21(23(31)33)19-16(25)7-8-18(34-2)20(19)26)13-27-24(30-22)28-14-3-5-15(6-4-14)32-9-11-35-12-10-32/h3-8,13H,9-12H2,1-2H3,(H,27,28,30). The number of fused-ring (bicyclic) bond motifs is 1. The lowest BCUT2D eigenvalue weighted by atomic mass is 10.1. The Bertz CT molecular complexity index is 1450. The van der Waals surface area contributed by atoms with Crippen LogP contribution in [0.4, 0.5) is 17.3 Å². The van der Waals surface area contributed by atoms with E-state index in [0.29, 0.717) is 33.4 Å². The molecule has 1 aliphatic rings. The number of anilines is 3. The van der Waals surface area contributed by atoms with E-state index < -0.39 is 5.56 Å². The summed E-state index contributed by atoms with van der Waals surface area (Å²) in [5, 5.41) is 3.69. The maximum absolute atomic E-state index is 13.2. The lowest BCUT2D eigenvalue weighted by Gasteiger charge is -2.28. The van der Waals surface area contributed by atoms with Crippen LogP contribution in [-0.4, -0.2) is 52.9 Å². The first-order valence-electron chi connectivity index (χ1n) is 10.9. The van der Waals surface area contributed by atoms with Gasteiger partial charge in [-0.2, -0.15) is 4.98 Å². The lowest BCUT2D eigenvalue weighted by Crippen LogP contribution is -2.36. The number of hydrogen-bond donors (Lipinski definition) is 1. The molecule has 11 heteroatoms. The Morgan fingerprint density at radius 1 is 1.06 bits per heavy atom. The number of nitrogens with one attached hydrogen (secondary N) is 1. The minimum Gasteiger partial charge on any atom is -0.495 e. The summed E-state index contributed by atoms with van der Waals surface area (Å²) in [4.78, 5) is 28.9. The summed E-state index contributed by atoms with van der Waals surface area (Å²) in [5.74, 6) is 0.740. The smallest absolute Gasteiger partial charge is 0.278 e. The molecule has 2 aromatic heterocycles. The molecule has 35 heavy (non-hydrogen) atoms. The number of benzene rings is 2. The number of methoxy groups -OCH3 is 1. The molecule has 0 saturated carbocycles. The van der Waals surface area contributed by atoms with Gasteiger partial charge in [0.25, 0.3) is 5.56 Å². The molecule has 4 aromatic rings. The molecule has 0 amide bonds. The molecule has 0 spiro atoms. The van der Waals surface area contributed by atoms with E-state index >= 15 is 0 Å². The highest BCUT2D eigenvalue weighted by Gasteiger charge is 2.20. The second kappa shape index (κ2) is 9.69. The van der Waals surface area contributed by atoms with Crippen molar-refractivity contribution in [2.45, 2.75) is 0 Å². The summed E-state index contributed by atoms with van der Waals surface area (Å²) in [6.45, 7) is 3.21. The fourth-order valence-electron chi connectivity index (χ4n) is 3.95. The van der Waals surface area contributed by atoms with Crippen molar-refractivity contribution in [3.63, 3.8) is 0 Å². The molecule has 0 radical (unpaired) electrons. The Morgan fingerprint density at radius 2 is 1.80 bits per heavy atom. The van der Waals surface area contributed by atoms with Crippen LogP contribution in [0.3, 0.4) is 0 Å². The van der Waals surface area contributed by atoms with Crippen LogP contribution in [0.15, 0.2) is 47.4 Å². The minimum atomic E-state index is -0.394. The summed E-state index contributed by atoms with van der Waals surface area (Å²) in [6.07, 6.45) is 1.55. The summed E-state index contributed by atoms with van der Waals surface area (Å²) < 4.78 is 12.1. The van der Waals surface area contributed by atoms with Crippen LogP contribution in [-0.2, 0) is 11.8 Å². The van der Waals surface area contributed by atoms with E-state index in [1.165, 1.54) is 11.7 Å². The number of rotatable bonds is 5. The Balaban J connectivity index is 1.47. The first kappa shape index (κ1) is 23.3. The van der Waals surface area contributed by atoms with Crippen molar-refractivity contribution in [2.24, 2.45) is 7.05 Å². The van der Waals surface area contributed by atoms with Gasteiger partial charge in [0.05, 0.1) is 36.6 Å². The third kappa shape index (κ3) is 4.50. The zero-order valence-corrected chi connectivity index (χ0v) is 20.6. The second-order valence-corrected chi connectivity index (χ2v) is 8.72. The highest BCUT2D eigenvalue weighted by Crippen LogP contribution is 2.38. The molecular formula is C24H22Cl2N6O3. The van der Waals surface area contributed by atoms with E-state index in [-0.39, 0.29) is 10.7 Å². The SMILES string of the molecule is COc1ccc(Cl)c(-c2nc3cnc(Nc4ccc(N5CCOCC5)cc4)nc3n(C)c2=O)c1Cl. The van der Waals surface area contributed by atoms with Crippen molar-refractivity contribution < 1.29 is 9.47 Å². The van der Waals surface area contributed by atoms with Gasteiger partial charge in [0.15, 0.2) is 5.65 Å². The zero-order chi connectivity index (χ0) is 24.5. The van der Waals surface area contributed by atoms with E-state index in [1.54, 1.807) is 25.4 Å². The van der Waals surface area contributed by atoms with E-state index in [1.807, 2.05) is 24.3 Å². The summed E-state index contributed by atoms with van der Waals surface area (Å²) in [5.41, 5.74) is 2.75. The average Bonchev–Trinajstić information content (AvgIpc) is 2.88. The Kier molecular flexibility index (Phi) is 6.46. The third-order valence-corrected chi connectivity index (χ3v) is 6.51. The molecule has 9 nitrogen and oxygen atoms in total. The predicted molar refractivity (Wildman–Crippen MR) is 137 cm³/mol. The Labute approximate surface area is 211 Å². The van der Waals surface area contributed by atoms with Crippen molar-refractivity contribution in [1.82, 2.24) is 19.5 Å². The average molecular weight is 513 g/mol. The summed E-state index contributed by atoms with van der Waals surface area (Å²) in [7, 11) is 3.11. The molecule has 1 N–H and O–H groups in total. The van der Waals surface area contributed by atoms with Crippen LogP contribution in [0.1, 0.15) is 0 Å². The van der Waals surface area contributed by atoms with E-state index in [4.69, 9.17) is 32.7 Å². The third-order valence-electron chi connectivity index (χ3n) is 5.82. The van der Waals surface area contributed by atoms with Gasteiger partial charge in [-0.15, -0.1) is 0 Å². The Morgan fingerprint density at radius 3 is 2.51 bits per heavy atom. The van der Waals surface area contributed by atoms with Gasteiger partial charge >= 0.3 is 0 Å². The molecule has 5 rings (SSSR count). The lowest BCUT2D eigenvalue weighted by molar-refractivity contribution is 0.122. The van der Waals surface area contributed by atoms with E-state index in [2.05, 4.69) is 25.2 Å². The quantitative estimate of drug-likeness (QED) is 0.423. The van der Waals surface area contributed by atoms with Gasteiger partial charge in [-0.1, -0.05) is 23.2 Å². The summed E-state index contributed by atoms with van der Waals surface area (Å²) >= 11 is 12.8. The topological polar surface area (TPSA) is 94.4 Å². The van der Waals surface area contributed by atoms with Gasteiger partial charge in [-0.05, 0) is 36.4 Å². The first-order chi connectivity index (χ1) is 17.0. The molecule has 0 bridgehead atoms. The highest BCUT2D eigenvalue weighted by atomic mass is 35.5. The molecule has 0 unspecified atom stereocenters. The van der Waals surface area contributed by atoms with Crippen LogP contribution in [0.5, 0.6) is 5.75 Å². The molecule has 180 valence electrons. The number of hydrogen-bond acceptors (Lipinski definition) is 8. The molecule has 3 heterocycles. The number of morpholine rings is 1. The molecule has 0 atom stereocenters. The molecular weight excluding hydrogens is 491 g/mol. The fraction of sp³-hybridized carbons (Fsp3) is 0.250. The fourth-order valence-corrected chi connectivity index (χ4v) is 4.58. The maximum Gasteiger partial charge on any atom is 0.278 e. The molecule has 1 aliphatic heterocycles. The van der Waals surface area contributed by atoms with Crippen molar-refractivity contribution in [3.8, 4) is 17.0 Å². The predicted octanol–water partition coefficient (Wildman–Crippen LogP) is 4.29. The Hall–Kier alpha value is -3.40. The number of nitrogens with zero attached hydrogens (tertiary/aromatic N) is 5. The molecule has 1 fully saturated rings. The minimum absolute atomic E-state index is 0.0944. The normalized spacial score (nSPS) is 13.8. The van der Waals surface area contributed by atoms with Crippen LogP contribution < -0.4 is 20.5 Å². The van der Waals surface area contributed by atoms with Crippen molar-refractivity contribution >= 4 is 51.7 Å². The number of aromatic nitrogens is 4. The van der Waals surface area contributed by atoms with Gasteiger partial charge in [-0.3, -0.25) is 9.36 Å².